The lowest BCUT2D eigenvalue weighted by Gasteiger charge is -2.21. The predicted octanol–water partition coefficient (Wildman–Crippen LogP) is 22.0. The zero-order valence-corrected chi connectivity index (χ0v) is 64.5. The molecule has 3 N–H and O–H groups in total. The molecule has 0 spiro atoms. The normalized spacial score (nSPS) is 14.9. The van der Waals surface area contributed by atoms with Gasteiger partial charge in [0.2, 0.25) is 0 Å². The molecule has 5 unspecified atom stereocenters. The van der Waals surface area contributed by atoms with Crippen molar-refractivity contribution < 1.29 is 80.2 Å². The van der Waals surface area contributed by atoms with Gasteiger partial charge in [-0.05, 0) is 167 Å². The van der Waals surface area contributed by atoms with Crippen LogP contribution in [0.15, 0.2) is 182 Å². The van der Waals surface area contributed by atoms with Gasteiger partial charge in [0, 0.05) is 25.7 Å². The molecule has 0 heterocycles. The number of unbranched alkanes of at least 4 members (excludes halogenated alkanes) is 13. The molecule has 0 aliphatic carbocycles. The van der Waals surface area contributed by atoms with Crippen molar-refractivity contribution in [1.82, 2.24) is 0 Å². The molecule has 0 aliphatic heterocycles. The molecule has 17 nitrogen and oxygen atoms in total. The van der Waals surface area contributed by atoms with Crippen LogP contribution < -0.4 is 0 Å². The Morgan fingerprint density at radius 3 is 0.843 bits per heavy atom. The lowest BCUT2D eigenvalue weighted by atomic mass is 10.1. The first-order valence-corrected chi connectivity index (χ1v) is 41.0. The molecule has 0 aliphatic rings. The highest BCUT2D eigenvalue weighted by Gasteiger charge is 2.30. The van der Waals surface area contributed by atoms with E-state index in [1.807, 2.05) is 30.4 Å². The van der Waals surface area contributed by atoms with Gasteiger partial charge in [-0.15, -0.1) is 0 Å². The predicted molar refractivity (Wildman–Crippen MR) is 417 cm³/mol. The van der Waals surface area contributed by atoms with E-state index in [-0.39, 0.29) is 25.7 Å². The minimum atomic E-state index is -5.01. The molecule has 0 amide bonds. The van der Waals surface area contributed by atoms with E-state index >= 15 is 0 Å². The summed E-state index contributed by atoms with van der Waals surface area (Å²) < 4.78 is 68.3. The van der Waals surface area contributed by atoms with Crippen LogP contribution in [0.5, 0.6) is 0 Å². The fourth-order valence-corrected chi connectivity index (χ4v) is 10.7. The first-order chi connectivity index (χ1) is 49.7. The summed E-state index contributed by atoms with van der Waals surface area (Å²) in [6.07, 6.45) is 87.6. The highest BCUT2D eigenvalue weighted by molar-refractivity contribution is 7.47. The Labute approximate surface area is 615 Å². The molecule has 0 fully saturated rings. The number of phosphoric ester groups is 2. The average molecular weight is 1460 g/mol. The van der Waals surface area contributed by atoms with E-state index in [0.29, 0.717) is 44.9 Å². The number of hydrogen-bond acceptors (Lipinski definition) is 15. The van der Waals surface area contributed by atoms with Crippen LogP contribution in [0.4, 0.5) is 0 Å². The second-order valence-electron chi connectivity index (χ2n) is 24.4. The van der Waals surface area contributed by atoms with Crippen molar-refractivity contribution in [2.24, 2.45) is 0 Å². The summed E-state index contributed by atoms with van der Waals surface area (Å²) in [6.45, 7) is 4.28. The van der Waals surface area contributed by atoms with Crippen LogP contribution in [0.3, 0.4) is 0 Å². The highest BCUT2D eigenvalue weighted by Crippen LogP contribution is 2.45. The maximum atomic E-state index is 13.1. The van der Waals surface area contributed by atoms with E-state index in [9.17, 15) is 43.2 Å². The minimum absolute atomic E-state index is 0.0218. The molecule has 576 valence electrons. The van der Waals surface area contributed by atoms with Gasteiger partial charge in [-0.3, -0.25) is 37.3 Å². The van der Waals surface area contributed by atoms with Gasteiger partial charge in [-0.2, -0.15) is 0 Å². The summed E-state index contributed by atoms with van der Waals surface area (Å²) in [5, 5.41) is 10.6. The molecule has 0 aromatic heterocycles. The number of hydrogen-bond donors (Lipinski definition) is 3. The van der Waals surface area contributed by atoms with Crippen molar-refractivity contribution in [3.63, 3.8) is 0 Å². The summed E-state index contributed by atoms with van der Waals surface area (Å²) in [5.74, 6) is -2.39. The van der Waals surface area contributed by atoms with Crippen molar-refractivity contribution in [3.8, 4) is 0 Å². The number of carbonyl (C=O) groups excluding carboxylic acids is 4. The summed E-state index contributed by atoms with van der Waals surface area (Å²) in [6, 6.07) is 0. The second-order valence-corrected chi connectivity index (χ2v) is 27.3. The number of phosphoric acid groups is 2. The molecule has 0 bridgehead atoms. The Hall–Kier alpha value is -5.84. The van der Waals surface area contributed by atoms with E-state index in [1.54, 1.807) is 0 Å². The van der Waals surface area contributed by atoms with Crippen molar-refractivity contribution >= 4 is 39.5 Å². The number of esters is 4. The van der Waals surface area contributed by atoms with Crippen molar-refractivity contribution in [2.45, 2.75) is 277 Å². The molecular weight excluding hydrogens is 1330 g/mol. The van der Waals surface area contributed by atoms with Crippen molar-refractivity contribution in [3.05, 3.63) is 182 Å². The maximum Gasteiger partial charge on any atom is 0.472 e. The third-order valence-corrected chi connectivity index (χ3v) is 16.7. The monoisotopic (exact) mass is 1460 g/mol. The molecule has 5 atom stereocenters. The Morgan fingerprint density at radius 1 is 0.284 bits per heavy atom. The molecule has 0 aromatic carbocycles. The van der Waals surface area contributed by atoms with Crippen LogP contribution in [0.1, 0.15) is 259 Å². The summed E-state index contributed by atoms with van der Waals surface area (Å²) >= 11 is 0. The Kier molecular flexibility index (Phi) is 69.3. The van der Waals surface area contributed by atoms with Crippen LogP contribution in [0, 0.1) is 0 Å². The van der Waals surface area contributed by atoms with Crippen molar-refractivity contribution in [1.29, 1.82) is 0 Å². The van der Waals surface area contributed by atoms with Gasteiger partial charge in [0.05, 0.1) is 26.4 Å². The van der Waals surface area contributed by atoms with Gasteiger partial charge >= 0.3 is 39.5 Å². The SMILES string of the molecule is CC/C=C\C/C=C\C/C=C\C/C=C\C/C=C\CCCC(=O)OCC(COP(=O)(O)OCC(O)COP(=O)(O)OCC(COC(=O)CCC/C=C\C/C=C\C/C=C\C/C=C\C/C=C\CC)OC(=O)CCCCCCC/C=C\CCCCCC)OC(=O)CCCC/C=C\C/C=C\C/C=C\C/C=C\CC. The summed E-state index contributed by atoms with van der Waals surface area (Å²) in [5.41, 5.74) is 0. The smallest absolute Gasteiger partial charge is 0.462 e. The quantitative estimate of drug-likeness (QED) is 0.0169. The van der Waals surface area contributed by atoms with Gasteiger partial charge < -0.3 is 33.8 Å². The number of rotatable bonds is 69. The van der Waals surface area contributed by atoms with E-state index in [0.717, 1.165) is 135 Å². The van der Waals surface area contributed by atoms with E-state index < -0.39 is 97.5 Å². The van der Waals surface area contributed by atoms with Crippen LogP contribution in [0.25, 0.3) is 0 Å². The lowest BCUT2D eigenvalue weighted by molar-refractivity contribution is -0.161. The lowest BCUT2D eigenvalue weighted by Crippen LogP contribution is -2.30. The standard InChI is InChI=1S/C83H132O17P2/c1-5-9-13-17-21-25-29-33-36-38-41-44-47-51-55-59-63-67-80(85)93-73-78(99-82(87)69-65-61-57-53-49-43-32-28-24-20-16-12-8-4)75-97-101(89,90)95-71-77(84)72-96-102(91,92)98-76-79(100-83(88)70-66-62-58-54-50-46-40-35-31-27-23-19-15-11-7-3)74-94-81(86)68-64-60-56-52-48-45-42-39-37-34-30-26-22-18-14-10-6-2/h9-11,13-15,21-23,25-28,32-37,40-42,44-45,50-52,54-56,77-79,84H,5-8,12,16-20,24,29-31,38-39,43,46-49,53,57-76H2,1-4H3,(H,89,90)(H,91,92)/b13-9-,14-10-,15-11-,25-21-,26-22-,27-23-,32-28-,36-33-,37-34-,40-35-,44-41-,45-42-,54-50-,55-51-,56-52-. The Bertz CT molecular complexity index is 2650. The maximum absolute atomic E-state index is 13.1. The van der Waals surface area contributed by atoms with Crippen LogP contribution in [-0.4, -0.2) is 96.7 Å². The third-order valence-electron chi connectivity index (χ3n) is 14.8. The van der Waals surface area contributed by atoms with Crippen molar-refractivity contribution in [2.75, 3.05) is 39.6 Å². The highest BCUT2D eigenvalue weighted by atomic mass is 31.2. The summed E-state index contributed by atoms with van der Waals surface area (Å²) in [7, 11) is -10.0. The first kappa shape index (κ1) is 96.2. The first-order valence-electron chi connectivity index (χ1n) is 38.0. The molecule has 0 aromatic rings. The number of aliphatic hydroxyl groups is 1. The van der Waals surface area contributed by atoms with E-state index in [4.69, 9.17) is 37.0 Å². The number of ether oxygens (including phenoxy) is 4. The molecular formula is C83H132O17P2. The van der Waals surface area contributed by atoms with Gasteiger partial charge in [0.25, 0.3) is 0 Å². The molecule has 102 heavy (non-hydrogen) atoms. The second kappa shape index (κ2) is 73.5. The zero-order valence-electron chi connectivity index (χ0n) is 62.7. The minimum Gasteiger partial charge on any atom is -0.462 e. The Balaban J connectivity index is 5.51. The molecule has 19 heteroatoms. The van der Waals surface area contributed by atoms with Gasteiger partial charge in [0.1, 0.15) is 19.3 Å². The average Bonchev–Trinajstić information content (AvgIpc) is 0.939. The van der Waals surface area contributed by atoms with Crippen LogP contribution in [-0.2, 0) is 65.4 Å². The topological polar surface area (TPSA) is 237 Å². The fraction of sp³-hybridized carbons (Fsp3) is 0.590. The van der Waals surface area contributed by atoms with Gasteiger partial charge in [-0.1, -0.05) is 249 Å². The number of aliphatic hydroxyl groups excluding tert-OH is 1. The van der Waals surface area contributed by atoms with Crippen LogP contribution >= 0.6 is 15.6 Å². The Morgan fingerprint density at radius 2 is 0.520 bits per heavy atom. The molecule has 0 radical (unpaired) electrons. The fourth-order valence-electron chi connectivity index (χ4n) is 9.16. The molecule has 0 saturated carbocycles. The van der Waals surface area contributed by atoms with Gasteiger partial charge in [-0.25, -0.2) is 9.13 Å². The van der Waals surface area contributed by atoms with E-state index in [2.05, 4.69) is 180 Å². The van der Waals surface area contributed by atoms with Gasteiger partial charge in [0.15, 0.2) is 12.2 Å². The number of allylic oxidation sites excluding steroid dienone is 30. The largest absolute Gasteiger partial charge is 0.472 e. The molecule has 0 saturated heterocycles. The third kappa shape index (κ3) is 72.5. The molecule has 0 rings (SSSR count). The van der Waals surface area contributed by atoms with E-state index in [1.165, 1.54) is 25.7 Å². The number of carbonyl (C=O) groups is 4. The summed E-state index contributed by atoms with van der Waals surface area (Å²) in [4.78, 5) is 72.8. The zero-order chi connectivity index (χ0) is 74.6. The van der Waals surface area contributed by atoms with Crippen LogP contribution in [0.2, 0.25) is 0 Å².